The van der Waals surface area contributed by atoms with E-state index in [1.54, 1.807) is 6.07 Å². The number of nitrogens with zero attached hydrogens (tertiary/aromatic N) is 5. The Balaban J connectivity index is 1.53. The van der Waals surface area contributed by atoms with Crippen LogP contribution in [0.25, 0.3) is 22.0 Å². The number of hydrogen-bond acceptors (Lipinski definition) is 5. The third-order valence-corrected chi connectivity index (χ3v) is 6.25. The lowest BCUT2D eigenvalue weighted by molar-refractivity contribution is 0.500. The molecule has 0 bridgehead atoms. The van der Waals surface area contributed by atoms with Crippen LogP contribution < -0.4 is 5.32 Å². The summed E-state index contributed by atoms with van der Waals surface area (Å²) in [6.45, 7) is 3.04. The third kappa shape index (κ3) is 3.40. The first-order chi connectivity index (χ1) is 14.6. The van der Waals surface area contributed by atoms with E-state index >= 15 is 0 Å². The standard InChI is InChI=1S/C22H20Cl2N6/c1-13(22-29-26-19-8-4-5-11-30(19)22)25-21-16-7-3-2-6-15(16)20(27-28-21)14-9-10-17(23)18(24)12-14/h2-3,6-7,9-10,12-13H,4-5,8,11H2,1H3,(H,25,28). The number of aryl methyl sites for hydroxylation is 1. The number of nitrogens with one attached hydrogen (secondary N) is 1. The van der Waals surface area contributed by atoms with Gasteiger partial charge in [0.1, 0.15) is 11.5 Å². The van der Waals surface area contributed by atoms with Gasteiger partial charge >= 0.3 is 0 Å². The quantitative estimate of drug-likeness (QED) is 0.442. The minimum atomic E-state index is -0.0436. The second-order valence-electron chi connectivity index (χ2n) is 7.52. The summed E-state index contributed by atoms with van der Waals surface area (Å²) in [6.07, 6.45) is 3.32. The molecule has 8 heteroatoms. The maximum absolute atomic E-state index is 6.22. The van der Waals surface area contributed by atoms with E-state index < -0.39 is 0 Å². The van der Waals surface area contributed by atoms with E-state index in [1.807, 2.05) is 36.4 Å². The topological polar surface area (TPSA) is 68.5 Å². The average Bonchev–Trinajstić information content (AvgIpc) is 3.20. The molecule has 1 aliphatic rings. The molecule has 0 radical (unpaired) electrons. The molecule has 0 spiro atoms. The predicted molar refractivity (Wildman–Crippen MR) is 120 cm³/mol. The van der Waals surface area contributed by atoms with E-state index in [4.69, 9.17) is 23.2 Å². The van der Waals surface area contributed by atoms with Gasteiger partial charge in [-0.15, -0.1) is 20.4 Å². The summed E-state index contributed by atoms with van der Waals surface area (Å²) < 4.78 is 2.22. The number of hydrogen-bond donors (Lipinski definition) is 1. The van der Waals surface area contributed by atoms with Gasteiger partial charge in [0.25, 0.3) is 0 Å². The lowest BCUT2D eigenvalue weighted by Gasteiger charge is -2.20. The fourth-order valence-electron chi connectivity index (χ4n) is 3.99. The molecule has 1 unspecified atom stereocenters. The first-order valence-corrected chi connectivity index (χ1v) is 10.8. The summed E-state index contributed by atoms with van der Waals surface area (Å²) in [5.41, 5.74) is 1.64. The van der Waals surface area contributed by atoms with Crippen molar-refractivity contribution < 1.29 is 0 Å². The SMILES string of the molecule is CC(Nc1nnc(-c2ccc(Cl)c(Cl)c2)c2ccccc12)c1nnc2n1CCCC2. The molecule has 0 fully saturated rings. The highest BCUT2D eigenvalue weighted by Gasteiger charge is 2.21. The number of anilines is 1. The van der Waals surface area contributed by atoms with Gasteiger partial charge in [-0.1, -0.05) is 53.5 Å². The minimum absolute atomic E-state index is 0.0436. The van der Waals surface area contributed by atoms with Crippen molar-refractivity contribution in [3.63, 3.8) is 0 Å². The summed E-state index contributed by atoms with van der Waals surface area (Å²) in [7, 11) is 0. The lowest BCUT2D eigenvalue weighted by atomic mass is 10.0. The highest BCUT2D eigenvalue weighted by Crippen LogP contribution is 2.34. The smallest absolute Gasteiger partial charge is 0.157 e. The lowest BCUT2D eigenvalue weighted by Crippen LogP contribution is -2.18. The van der Waals surface area contributed by atoms with Crippen molar-refractivity contribution in [1.29, 1.82) is 0 Å². The summed E-state index contributed by atoms with van der Waals surface area (Å²) in [4.78, 5) is 0. The van der Waals surface area contributed by atoms with Gasteiger partial charge < -0.3 is 9.88 Å². The van der Waals surface area contributed by atoms with Crippen molar-refractivity contribution in [1.82, 2.24) is 25.0 Å². The zero-order valence-corrected chi connectivity index (χ0v) is 18.0. The number of aromatic nitrogens is 5. The van der Waals surface area contributed by atoms with Gasteiger partial charge in [0.2, 0.25) is 0 Å². The number of fused-ring (bicyclic) bond motifs is 2. The second-order valence-corrected chi connectivity index (χ2v) is 8.34. The summed E-state index contributed by atoms with van der Waals surface area (Å²) in [6, 6.07) is 13.5. The maximum atomic E-state index is 6.22. The molecule has 2 aromatic heterocycles. The molecule has 4 aromatic rings. The number of halogens is 2. The van der Waals surface area contributed by atoms with Crippen LogP contribution in [0.15, 0.2) is 42.5 Å². The summed E-state index contributed by atoms with van der Waals surface area (Å²) in [5, 5.41) is 24.3. The Hall–Kier alpha value is -2.70. The fourth-order valence-corrected chi connectivity index (χ4v) is 4.29. The Morgan fingerprint density at radius 1 is 0.933 bits per heavy atom. The van der Waals surface area contributed by atoms with Gasteiger partial charge in [-0.05, 0) is 31.9 Å². The van der Waals surface area contributed by atoms with Crippen LogP contribution in [-0.4, -0.2) is 25.0 Å². The van der Waals surface area contributed by atoms with Crippen molar-refractivity contribution in [2.45, 2.75) is 38.8 Å². The van der Waals surface area contributed by atoms with Crippen molar-refractivity contribution >= 4 is 39.8 Å². The Morgan fingerprint density at radius 2 is 1.77 bits per heavy atom. The number of rotatable bonds is 4. The van der Waals surface area contributed by atoms with Crippen molar-refractivity contribution in [3.8, 4) is 11.3 Å². The predicted octanol–water partition coefficient (Wildman–Crippen LogP) is 5.70. The van der Waals surface area contributed by atoms with Crippen LogP contribution >= 0.6 is 23.2 Å². The van der Waals surface area contributed by atoms with E-state index in [2.05, 4.69) is 37.2 Å². The first kappa shape index (κ1) is 19.3. The monoisotopic (exact) mass is 438 g/mol. The van der Waals surface area contributed by atoms with Crippen LogP contribution in [0.1, 0.15) is 37.5 Å². The van der Waals surface area contributed by atoms with E-state index in [0.717, 1.165) is 58.9 Å². The largest absolute Gasteiger partial charge is 0.358 e. The van der Waals surface area contributed by atoms with Gasteiger partial charge in [0, 0.05) is 29.3 Å². The minimum Gasteiger partial charge on any atom is -0.358 e. The number of benzene rings is 2. The Labute approximate surface area is 184 Å². The molecule has 0 saturated carbocycles. The van der Waals surface area contributed by atoms with Crippen LogP contribution in [-0.2, 0) is 13.0 Å². The third-order valence-electron chi connectivity index (χ3n) is 5.51. The second kappa shape index (κ2) is 7.85. The Bertz CT molecular complexity index is 1240. The molecular weight excluding hydrogens is 419 g/mol. The van der Waals surface area contributed by atoms with Crippen molar-refractivity contribution in [2.24, 2.45) is 0 Å². The molecule has 5 rings (SSSR count). The highest BCUT2D eigenvalue weighted by atomic mass is 35.5. The molecule has 0 saturated heterocycles. The fraction of sp³-hybridized carbons (Fsp3) is 0.273. The van der Waals surface area contributed by atoms with E-state index in [9.17, 15) is 0 Å². The molecule has 1 aliphatic heterocycles. The molecule has 2 aromatic carbocycles. The van der Waals surface area contributed by atoms with Gasteiger partial charge in [-0.25, -0.2) is 0 Å². The first-order valence-electron chi connectivity index (χ1n) is 10.0. The maximum Gasteiger partial charge on any atom is 0.157 e. The molecule has 1 N–H and O–H groups in total. The zero-order chi connectivity index (χ0) is 20.7. The van der Waals surface area contributed by atoms with Crippen LogP contribution in [0.4, 0.5) is 5.82 Å². The van der Waals surface area contributed by atoms with E-state index in [-0.39, 0.29) is 6.04 Å². The summed E-state index contributed by atoms with van der Waals surface area (Å²) in [5.74, 6) is 2.72. The van der Waals surface area contributed by atoms with Crippen LogP contribution in [0, 0.1) is 0 Å². The van der Waals surface area contributed by atoms with Gasteiger partial charge in [0.05, 0.1) is 16.1 Å². The highest BCUT2D eigenvalue weighted by molar-refractivity contribution is 6.42. The Morgan fingerprint density at radius 3 is 2.60 bits per heavy atom. The Kier molecular flexibility index (Phi) is 5.05. The van der Waals surface area contributed by atoms with E-state index in [1.165, 1.54) is 6.42 Å². The van der Waals surface area contributed by atoms with Gasteiger partial charge in [-0.3, -0.25) is 0 Å². The van der Waals surface area contributed by atoms with E-state index in [0.29, 0.717) is 10.0 Å². The molecular formula is C22H20Cl2N6. The van der Waals surface area contributed by atoms with Crippen molar-refractivity contribution in [3.05, 3.63) is 64.2 Å². The normalized spacial score (nSPS) is 14.5. The molecule has 3 heterocycles. The van der Waals surface area contributed by atoms with Crippen LogP contribution in [0.3, 0.4) is 0 Å². The summed E-state index contributed by atoms with van der Waals surface area (Å²) >= 11 is 12.3. The van der Waals surface area contributed by atoms with Crippen LogP contribution in [0.2, 0.25) is 10.0 Å². The average molecular weight is 439 g/mol. The van der Waals surface area contributed by atoms with Crippen LogP contribution in [0.5, 0.6) is 0 Å². The molecule has 152 valence electrons. The zero-order valence-electron chi connectivity index (χ0n) is 16.4. The molecule has 30 heavy (non-hydrogen) atoms. The van der Waals surface area contributed by atoms with Gasteiger partial charge in [0.15, 0.2) is 11.6 Å². The molecule has 0 aliphatic carbocycles. The molecule has 6 nitrogen and oxygen atoms in total. The van der Waals surface area contributed by atoms with Gasteiger partial charge in [-0.2, -0.15) is 0 Å². The van der Waals surface area contributed by atoms with Crippen molar-refractivity contribution in [2.75, 3.05) is 5.32 Å². The molecule has 0 amide bonds. The molecule has 1 atom stereocenters.